The van der Waals surface area contributed by atoms with Gasteiger partial charge in [-0.2, -0.15) is 0 Å². The Morgan fingerprint density at radius 1 is 1.00 bits per heavy atom. The van der Waals surface area contributed by atoms with E-state index in [1.165, 1.54) is 0 Å². The molecule has 0 radical (unpaired) electrons. The molecule has 3 unspecified atom stereocenters. The van der Waals surface area contributed by atoms with Crippen LogP contribution in [-0.2, 0) is 4.79 Å². The van der Waals surface area contributed by atoms with Crippen molar-refractivity contribution in [3.05, 3.63) is 12.2 Å². The quantitative estimate of drug-likeness (QED) is 0.593. The second kappa shape index (κ2) is 4.72. The van der Waals surface area contributed by atoms with E-state index in [0.717, 1.165) is 25.7 Å². The summed E-state index contributed by atoms with van der Waals surface area (Å²) in [6.45, 7) is 10.5. The Morgan fingerprint density at radius 3 is 2.33 bits per heavy atom. The summed E-state index contributed by atoms with van der Waals surface area (Å²) in [6, 6.07) is 0. The van der Waals surface area contributed by atoms with Crippen molar-refractivity contribution in [3.8, 4) is 0 Å². The Hall–Kier alpha value is -0.710. The van der Waals surface area contributed by atoms with Gasteiger partial charge in [-0.25, -0.2) is 0 Å². The molecule has 0 saturated heterocycles. The van der Waals surface area contributed by atoms with E-state index in [2.05, 4.69) is 27.4 Å². The number of aliphatic hydroxyl groups is 3. The molecule has 4 fully saturated rings. The molecule has 0 aromatic carbocycles. The van der Waals surface area contributed by atoms with Crippen molar-refractivity contribution in [2.45, 2.75) is 71.2 Å². The molecule has 4 aliphatic carbocycles. The molecule has 0 amide bonds. The zero-order valence-electron chi connectivity index (χ0n) is 15.0. The van der Waals surface area contributed by atoms with Crippen LogP contribution >= 0.6 is 0 Å². The third-order valence-corrected chi connectivity index (χ3v) is 8.58. The molecule has 0 aromatic rings. The fourth-order valence-electron chi connectivity index (χ4n) is 7.33. The number of carbonyl (C=O) groups excluding carboxylic acids is 1. The minimum atomic E-state index is -1.15. The lowest BCUT2D eigenvalue weighted by molar-refractivity contribution is -0.251. The van der Waals surface area contributed by atoms with E-state index in [0.29, 0.717) is 12.0 Å². The topological polar surface area (TPSA) is 77.8 Å². The van der Waals surface area contributed by atoms with E-state index in [-0.39, 0.29) is 29.0 Å². The van der Waals surface area contributed by atoms with Crippen molar-refractivity contribution >= 4 is 5.78 Å². The molecule has 1 spiro atoms. The lowest BCUT2D eigenvalue weighted by atomic mass is 9.39. The predicted molar refractivity (Wildman–Crippen MR) is 90.0 cm³/mol. The van der Waals surface area contributed by atoms with Crippen LogP contribution in [0.25, 0.3) is 0 Å². The Bertz CT molecular complexity index is 611. The van der Waals surface area contributed by atoms with Gasteiger partial charge in [-0.15, -0.1) is 0 Å². The molecule has 24 heavy (non-hydrogen) atoms. The highest BCUT2D eigenvalue weighted by Crippen LogP contribution is 2.70. The van der Waals surface area contributed by atoms with Crippen LogP contribution in [0.1, 0.15) is 52.9 Å². The molecule has 0 heterocycles. The predicted octanol–water partition coefficient (Wildman–Crippen LogP) is 2.07. The second-order valence-corrected chi connectivity index (χ2v) is 9.68. The highest BCUT2D eigenvalue weighted by atomic mass is 16.3. The maximum absolute atomic E-state index is 13.1. The molecule has 4 aliphatic rings. The van der Waals surface area contributed by atoms with Crippen LogP contribution < -0.4 is 0 Å². The Morgan fingerprint density at radius 2 is 1.67 bits per heavy atom. The van der Waals surface area contributed by atoms with Gasteiger partial charge in [0.2, 0.25) is 0 Å². The smallest absolute Gasteiger partial charge is 0.170 e. The normalized spacial score (nSPS) is 55.9. The summed E-state index contributed by atoms with van der Waals surface area (Å²) in [5.74, 6) is -0.418. The maximum Gasteiger partial charge on any atom is 0.170 e. The zero-order valence-corrected chi connectivity index (χ0v) is 15.0. The van der Waals surface area contributed by atoms with Crippen molar-refractivity contribution < 1.29 is 20.1 Å². The molecular weight excluding hydrogens is 304 g/mol. The summed E-state index contributed by atoms with van der Waals surface area (Å²) in [4.78, 5) is 13.1. The number of ketones is 1. The molecule has 134 valence electrons. The average Bonchev–Trinajstić information content (AvgIpc) is 2.63. The number of hydrogen-bond acceptors (Lipinski definition) is 4. The van der Waals surface area contributed by atoms with E-state index >= 15 is 0 Å². The van der Waals surface area contributed by atoms with Crippen molar-refractivity contribution in [2.75, 3.05) is 0 Å². The van der Waals surface area contributed by atoms with E-state index < -0.39 is 29.1 Å². The second-order valence-electron chi connectivity index (χ2n) is 9.68. The number of Topliss-reactive ketones (excluding diaryl/α,β-unsaturated/α-hetero) is 1. The molecule has 4 nitrogen and oxygen atoms in total. The molecule has 2 bridgehead atoms. The van der Waals surface area contributed by atoms with E-state index in [4.69, 9.17) is 0 Å². The molecule has 4 heteroatoms. The fourth-order valence-corrected chi connectivity index (χ4v) is 7.33. The molecule has 8 atom stereocenters. The summed E-state index contributed by atoms with van der Waals surface area (Å²) >= 11 is 0. The summed E-state index contributed by atoms with van der Waals surface area (Å²) < 4.78 is 0. The summed E-state index contributed by atoms with van der Waals surface area (Å²) in [7, 11) is 0. The van der Waals surface area contributed by atoms with Gasteiger partial charge in [-0.1, -0.05) is 27.4 Å². The first-order valence-electron chi connectivity index (χ1n) is 9.37. The van der Waals surface area contributed by atoms with E-state index in [9.17, 15) is 20.1 Å². The molecule has 0 aliphatic heterocycles. The van der Waals surface area contributed by atoms with E-state index in [1.54, 1.807) is 0 Å². The van der Waals surface area contributed by atoms with Gasteiger partial charge in [-0.3, -0.25) is 4.79 Å². The van der Waals surface area contributed by atoms with Crippen molar-refractivity contribution in [2.24, 2.45) is 34.0 Å². The first-order chi connectivity index (χ1) is 11.1. The number of aliphatic hydroxyl groups excluding tert-OH is 3. The van der Waals surface area contributed by atoms with Gasteiger partial charge in [0.1, 0.15) is 0 Å². The lowest BCUT2D eigenvalue weighted by Gasteiger charge is -2.66. The monoisotopic (exact) mass is 334 g/mol. The van der Waals surface area contributed by atoms with E-state index in [1.807, 2.05) is 0 Å². The first-order valence-corrected chi connectivity index (χ1v) is 9.37. The fraction of sp³-hybridized carbons (Fsp3) is 0.850. The van der Waals surface area contributed by atoms with Gasteiger partial charge in [0.25, 0.3) is 0 Å². The Kier molecular flexibility index (Phi) is 3.29. The highest BCUT2D eigenvalue weighted by Gasteiger charge is 2.75. The van der Waals surface area contributed by atoms with Crippen molar-refractivity contribution in [1.29, 1.82) is 0 Å². The van der Waals surface area contributed by atoms with Crippen LogP contribution in [0.2, 0.25) is 0 Å². The van der Waals surface area contributed by atoms with Crippen molar-refractivity contribution in [3.63, 3.8) is 0 Å². The third kappa shape index (κ3) is 1.59. The number of hydrogen-bond donors (Lipinski definition) is 3. The molecule has 3 N–H and O–H groups in total. The summed E-state index contributed by atoms with van der Waals surface area (Å²) in [5, 5.41) is 33.1. The van der Waals surface area contributed by atoms with Crippen LogP contribution in [0.4, 0.5) is 0 Å². The largest absolute Gasteiger partial charge is 0.393 e. The van der Waals surface area contributed by atoms with Crippen LogP contribution in [0.3, 0.4) is 0 Å². The maximum atomic E-state index is 13.1. The minimum Gasteiger partial charge on any atom is -0.393 e. The Balaban J connectivity index is 1.91. The highest BCUT2D eigenvalue weighted by molar-refractivity contribution is 6.04. The van der Waals surface area contributed by atoms with Crippen LogP contribution in [0.5, 0.6) is 0 Å². The van der Waals surface area contributed by atoms with Crippen LogP contribution in [-0.4, -0.2) is 39.4 Å². The first kappa shape index (κ1) is 16.7. The van der Waals surface area contributed by atoms with Gasteiger partial charge in [-0.05, 0) is 54.9 Å². The van der Waals surface area contributed by atoms with Gasteiger partial charge < -0.3 is 15.3 Å². The number of fused-ring (bicyclic) bond motifs is 3. The molecule has 4 saturated carbocycles. The standard InChI is InChI=1S/C20H30O4/c1-10-11-5-6-12-19(4)13(18(2,3)8-7-14(19)21)9-15(22)20(12,16(10)23)17(11)24/h11-15,17,21-22,24H,1,5-9H2,2-4H3/t11?,12-,13+,14-,15?,17-,19-,20?/m0/s1. The van der Waals surface area contributed by atoms with Gasteiger partial charge >= 0.3 is 0 Å². The third-order valence-electron chi connectivity index (χ3n) is 8.58. The van der Waals surface area contributed by atoms with Gasteiger partial charge in [0.05, 0.1) is 23.7 Å². The number of rotatable bonds is 0. The summed E-state index contributed by atoms with van der Waals surface area (Å²) in [6.07, 6.45) is 1.40. The average molecular weight is 334 g/mol. The van der Waals surface area contributed by atoms with Gasteiger partial charge in [0, 0.05) is 11.3 Å². The van der Waals surface area contributed by atoms with Crippen molar-refractivity contribution in [1.82, 2.24) is 0 Å². The molecule has 0 aromatic heterocycles. The van der Waals surface area contributed by atoms with Crippen LogP contribution in [0.15, 0.2) is 12.2 Å². The molecular formula is C20H30O4. The number of carbonyl (C=O) groups is 1. The minimum absolute atomic E-state index is 0.0109. The van der Waals surface area contributed by atoms with Gasteiger partial charge in [0.15, 0.2) is 5.78 Å². The lowest BCUT2D eigenvalue weighted by Crippen LogP contribution is -2.69. The molecule has 4 rings (SSSR count). The zero-order chi connectivity index (χ0) is 17.7. The SMILES string of the molecule is C=C1C(=O)C23C(O)C[C@@H]4C(C)(C)CC[C@H](O)[C@@]4(C)[C@@H]2CCC1[C@@H]3O. The van der Waals surface area contributed by atoms with Crippen LogP contribution in [0, 0.1) is 34.0 Å². The Labute approximate surface area is 144 Å². The summed E-state index contributed by atoms with van der Waals surface area (Å²) in [5.41, 5.74) is -1.11.